The van der Waals surface area contributed by atoms with Gasteiger partial charge in [0.1, 0.15) is 5.76 Å². The summed E-state index contributed by atoms with van der Waals surface area (Å²) in [4.78, 5) is 23.3. The van der Waals surface area contributed by atoms with Crippen LogP contribution >= 0.6 is 0 Å². The molecule has 2 aromatic rings. The first-order valence-corrected chi connectivity index (χ1v) is 7.24. The average Bonchev–Trinajstić information content (AvgIpc) is 2.95. The number of anilines is 1. The number of carbonyl (C=O) groups excluding carboxylic acids is 2. The van der Waals surface area contributed by atoms with Crippen molar-refractivity contribution in [2.75, 3.05) is 5.32 Å². The minimum Gasteiger partial charge on any atom is -0.361 e. The minimum absolute atomic E-state index is 0.0577. The van der Waals surface area contributed by atoms with E-state index in [4.69, 9.17) is 4.52 Å². The molecule has 1 atom stereocenters. The van der Waals surface area contributed by atoms with Gasteiger partial charge in [0, 0.05) is 24.1 Å². The lowest BCUT2D eigenvalue weighted by molar-refractivity contribution is -0.121. The number of nitrogens with one attached hydrogen (secondary N) is 2. The number of rotatable bonds is 3. The van der Waals surface area contributed by atoms with E-state index in [0.717, 1.165) is 11.3 Å². The highest BCUT2D eigenvalue weighted by Gasteiger charge is 2.21. The van der Waals surface area contributed by atoms with Gasteiger partial charge in [-0.3, -0.25) is 9.59 Å². The Hall–Kier alpha value is -2.96. The number of benzene rings is 1. The van der Waals surface area contributed by atoms with Crippen LogP contribution in [-0.4, -0.2) is 22.7 Å². The highest BCUT2D eigenvalue weighted by molar-refractivity contribution is 6.06. The van der Waals surface area contributed by atoms with Gasteiger partial charge in [-0.25, -0.2) is 5.43 Å². The molecule has 2 heterocycles. The van der Waals surface area contributed by atoms with Gasteiger partial charge in [0.2, 0.25) is 5.91 Å². The van der Waals surface area contributed by atoms with Crippen LogP contribution in [0.1, 0.15) is 35.2 Å². The van der Waals surface area contributed by atoms with Gasteiger partial charge in [-0.05, 0) is 24.6 Å². The van der Waals surface area contributed by atoms with Crippen LogP contribution in [0.4, 0.5) is 5.69 Å². The number of amides is 2. The molecule has 1 aliphatic rings. The molecule has 0 saturated carbocycles. The number of nitrogens with zero attached hydrogens (tertiary/aromatic N) is 2. The zero-order valence-electron chi connectivity index (χ0n) is 12.8. The first-order valence-electron chi connectivity index (χ1n) is 7.24. The van der Waals surface area contributed by atoms with Crippen LogP contribution in [0.15, 0.2) is 40.0 Å². The molecule has 0 aliphatic carbocycles. The number of hydrazone groups is 1. The van der Waals surface area contributed by atoms with Gasteiger partial charge in [0.15, 0.2) is 5.69 Å². The fourth-order valence-electron chi connectivity index (χ4n) is 2.40. The molecule has 1 unspecified atom stereocenters. The fourth-order valence-corrected chi connectivity index (χ4v) is 2.40. The Morgan fingerprint density at radius 1 is 1.35 bits per heavy atom. The molecule has 1 aliphatic heterocycles. The second-order valence-corrected chi connectivity index (χ2v) is 5.49. The van der Waals surface area contributed by atoms with Gasteiger partial charge in [-0.2, -0.15) is 5.10 Å². The largest absolute Gasteiger partial charge is 0.361 e. The van der Waals surface area contributed by atoms with Gasteiger partial charge in [-0.1, -0.05) is 24.2 Å². The molecule has 0 fully saturated rings. The van der Waals surface area contributed by atoms with Crippen molar-refractivity contribution >= 4 is 23.2 Å². The lowest BCUT2D eigenvalue weighted by atomic mass is 9.94. The maximum absolute atomic E-state index is 12.0. The molecule has 2 amide bonds. The number of aryl methyl sites for hydroxylation is 1. The molecular weight excluding hydrogens is 296 g/mol. The topological polar surface area (TPSA) is 96.6 Å². The lowest BCUT2D eigenvalue weighted by Gasteiger charge is -2.19. The predicted octanol–water partition coefficient (Wildman–Crippen LogP) is 2.10. The molecule has 7 heteroatoms. The predicted molar refractivity (Wildman–Crippen MR) is 84.1 cm³/mol. The molecule has 3 rings (SSSR count). The van der Waals surface area contributed by atoms with Crippen LogP contribution in [0.25, 0.3) is 0 Å². The summed E-state index contributed by atoms with van der Waals surface area (Å²) in [5.41, 5.74) is 5.11. The van der Waals surface area contributed by atoms with E-state index >= 15 is 0 Å². The third kappa shape index (κ3) is 3.28. The van der Waals surface area contributed by atoms with E-state index in [2.05, 4.69) is 21.0 Å². The van der Waals surface area contributed by atoms with E-state index in [9.17, 15) is 9.59 Å². The second-order valence-electron chi connectivity index (χ2n) is 5.49. The van der Waals surface area contributed by atoms with Crippen molar-refractivity contribution in [2.45, 2.75) is 20.3 Å². The van der Waals surface area contributed by atoms with E-state index in [1.54, 1.807) is 25.1 Å². The first kappa shape index (κ1) is 15.0. The molecule has 0 radical (unpaired) electrons. The monoisotopic (exact) mass is 312 g/mol. The summed E-state index contributed by atoms with van der Waals surface area (Å²) in [6.07, 6.45) is 0.419. The van der Waals surface area contributed by atoms with Crippen LogP contribution in [0.2, 0.25) is 0 Å². The second kappa shape index (κ2) is 6.04. The van der Waals surface area contributed by atoms with E-state index in [-0.39, 0.29) is 23.4 Å². The number of carbonyl (C=O) groups is 2. The quantitative estimate of drug-likeness (QED) is 0.907. The Balaban J connectivity index is 1.72. The molecular formula is C16H16N4O3. The highest BCUT2D eigenvalue weighted by Crippen LogP contribution is 2.18. The Morgan fingerprint density at radius 3 is 2.70 bits per heavy atom. The maximum atomic E-state index is 12.0. The molecule has 0 spiro atoms. The Morgan fingerprint density at radius 2 is 2.09 bits per heavy atom. The molecule has 0 saturated heterocycles. The summed E-state index contributed by atoms with van der Waals surface area (Å²) in [6, 6.07) is 8.86. The van der Waals surface area contributed by atoms with Crippen LogP contribution in [0, 0.1) is 12.8 Å². The Labute approximate surface area is 132 Å². The zero-order chi connectivity index (χ0) is 16.4. The normalized spacial score (nSPS) is 17.4. The minimum atomic E-state index is -0.328. The smallest absolute Gasteiger partial charge is 0.277 e. The van der Waals surface area contributed by atoms with E-state index in [1.807, 2.05) is 19.1 Å². The molecule has 1 aromatic carbocycles. The Kier molecular flexibility index (Phi) is 3.92. The van der Waals surface area contributed by atoms with Crippen molar-refractivity contribution in [1.82, 2.24) is 10.6 Å². The van der Waals surface area contributed by atoms with Crippen LogP contribution < -0.4 is 10.7 Å². The van der Waals surface area contributed by atoms with Crippen molar-refractivity contribution in [3.05, 3.63) is 47.3 Å². The summed E-state index contributed by atoms with van der Waals surface area (Å²) in [5, 5.41) is 10.5. The SMILES string of the molecule is Cc1cc(C(=O)Nc2ccc(C3=NNC(=O)CC3C)cc2)no1. The number of hydrogen-bond acceptors (Lipinski definition) is 5. The summed E-state index contributed by atoms with van der Waals surface area (Å²) < 4.78 is 4.88. The molecule has 7 nitrogen and oxygen atoms in total. The molecule has 23 heavy (non-hydrogen) atoms. The summed E-state index contributed by atoms with van der Waals surface area (Å²) >= 11 is 0. The third-order valence-electron chi connectivity index (χ3n) is 3.56. The van der Waals surface area contributed by atoms with Gasteiger partial charge in [0.25, 0.3) is 5.91 Å². The van der Waals surface area contributed by atoms with Crippen molar-refractivity contribution in [2.24, 2.45) is 11.0 Å². The summed E-state index contributed by atoms with van der Waals surface area (Å²) in [5.74, 6) is 0.234. The van der Waals surface area contributed by atoms with Crippen molar-refractivity contribution in [3.63, 3.8) is 0 Å². The number of aromatic nitrogens is 1. The average molecular weight is 312 g/mol. The Bertz CT molecular complexity index is 777. The van der Waals surface area contributed by atoms with Gasteiger partial charge in [0.05, 0.1) is 5.71 Å². The van der Waals surface area contributed by atoms with Crippen molar-refractivity contribution in [3.8, 4) is 0 Å². The van der Waals surface area contributed by atoms with Crippen molar-refractivity contribution in [1.29, 1.82) is 0 Å². The molecule has 118 valence electrons. The standard InChI is InChI=1S/C16H16N4O3/c1-9-7-14(21)18-19-15(9)11-3-5-12(6-4-11)17-16(22)13-8-10(2)23-20-13/h3-6,8-9H,7H2,1-2H3,(H,17,22)(H,18,21). The lowest BCUT2D eigenvalue weighted by Crippen LogP contribution is -2.31. The first-order chi connectivity index (χ1) is 11.0. The van der Waals surface area contributed by atoms with E-state index < -0.39 is 0 Å². The summed E-state index contributed by atoms with van der Waals surface area (Å²) in [7, 11) is 0. The number of hydrogen-bond donors (Lipinski definition) is 2. The van der Waals surface area contributed by atoms with E-state index in [0.29, 0.717) is 17.9 Å². The van der Waals surface area contributed by atoms with Gasteiger partial charge < -0.3 is 9.84 Å². The van der Waals surface area contributed by atoms with Gasteiger partial charge in [-0.15, -0.1) is 0 Å². The zero-order valence-corrected chi connectivity index (χ0v) is 12.8. The molecule has 2 N–H and O–H groups in total. The molecule has 0 bridgehead atoms. The third-order valence-corrected chi connectivity index (χ3v) is 3.56. The van der Waals surface area contributed by atoms with Crippen LogP contribution in [0.5, 0.6) is 0 Å². The maximum Gasteiger partial charge on any atom is 0.277 e. The van der Waals surface area contributed by atoms with Crippen LogP contribution in [0.3, 0.4) is 0 Å². The highest BCUT2D eigenvalue weighted by atomic mass is 16.5. The van der Waals surface area contributed by atoms with Crippen LogP contribution in [-0.2, 0) is 4.79 Å². The van der Waals surface area contributed by atoms with E-state index in [1.165, 1.54) is 0 Å². The van der Waals surface area contributed by atoms with Gasteiger partial charge >= 0.3 is 0 Å². The van der Waals surface area contributed by atoms with Crippen molar-refractivity contribution < 1.29 is 14.1 Å². The molecule has 1 aromatic heterocycles. The fraction of sp³-hybridized carbons (Fsp3) is 0.250. The summed E-state index contributed by atoms with van der Waals surface area (Å²) in [6.45, 7) is 3.68.